The van der Waals surface area contributed by atoms with Crippen molar-refractivity contribution in [1.82, 2.24) is 25.1 Å². The summed E-state index contributed by atoms with van der Waals surface area (Å²) in [6.45, 7) is 2.01. The molecule has 2 aliphatic rings. The molecular formula is C25H27F5N6. The van der Waals surface area contributed by atoms with Gasteiger partial charge in [0.25, 0.3) is 0 Å². The molecule has 0 bridgehead atoms. The van der Waals surface area contributed by atoms with Crippen LogP contribution < -0.4 is 5.32 Å². The third-order valence-corrected chi connectivity index (χ3v) is 6.88. The minimum absolute atomic E-state index is 0.140. The lowest BCUT2D eigenvalue weighted by Crippen LogP contribution is -2.27. The number of aromatic amines is 1. The zero-order valence-corrected chi connectivity index (χ0v) is 19.6. The van der Waals surface area contributed by atoms with Crippen molar-refractivity contribution in [2.45, 2.75) is 50.7 Å². The molecule has 1 atom stereocenters. The van der Waals surface area contributed by atoms with Gasteiger partial charge in [0.05, 0.1) is 42.1 Å². The van der Waals surface area contributed by atoms with Crippen molar-refractivity contribution >= 4 is 22.3 Å². The van der Waals surface area contributed by atoms with Crippen LogP contribution in [0.2, 0.25) is 0 Å². The Morgan fingerprint density at radius 2 is 2.00 bits per heavy atom. The van der Waals surface area contributed by atoms with Crippen LogP contribution in [0.25, 0.3) is 16.5 Å². The van der Waals surface area contributed by atoms with Gasteiger partial charge in [0.1, 0.15) is 5.82 Å². The van der Waals surface area contributed by atoms with E-state index in [1.807, 2.05) is 0 Å². The second kappa shape index (κ2) is 10.1. The first-order chi connectivity index (χ1) is 17.3. The number of allylic oxidation sites excluding steroid dienone is 1. The highest BCUT2D eigenvalue weighted by atomic mass is 19.4. The van der Waals surface area contributed by atoms with Crippen LogP contribution in [0, 0.1) is 5.95 Å². The van der Waals surface area contributed by atoms with Gasteiger partial charge >= 0.3 is 6.18 Å². The first-order valence-corrected chi connectivity index (χ1v) is 12.1. The quantitative estimate of drug-likeness (QED) is 0.419. The van der Waals surface area contributed by atoms with Gasteiger partial charge in [-0.15, -0.1) is 5.10 Å². The van der Waals surface area contributed by atoms with E-state index in [1.54, 1.807) is 12.1 Å². The predicted octanol–water partition coefficient (Wildman–Crippen LogP) is 5.43. The summed E-state index contributed by atoms with van der Waals surface area (Å²) >= 11 is 0. The van der Waals surface area contributed by atoms with Gasteiger partial charge in [-0.25, -0.2) is 4.98 Å². The fourth-order valence-corrected chi connectivity index (χ4v) is 5.35. The van der Waals surface area contributed by atoms with Crippen LogP contribution in [0.1, 0.15) is 48.9 Å². The van der Waals surface area contributed by atoms with Crippen LogP contribution in [-0.4, -0.2) is 63.6 Å². The Hall–Kier alpha value is -3.08. The number of nitrogens with one attached hydrogen (secondary N) is 2. The third-order valence-electron chi connectivity index (χ3n) is 6.88. The number of alkyl halides is 4. The van der Waals surface area contributed by atoms with Gasteiger partial charge in [0, 0.05) is 31.2 Å². The summed E-state index contributed by atoms with van der Waals surface area (Å²) in [6.07, 6.45) is 0.0645. The normalized spacial score (nSPS) is 19.1. The maximum absolute atomic E-state index is 14.5. The van der Waals surface area contributed by atoms with Crippen molar-refractivity contribution < 1.29 is 22.0 Å². The first-order valence-electron chi connectivity index (χ1n) is 12.1. The van der Waals surface area contributed by atoms with Crippen molar-refractivity contribution in [3.8, 4) is 0 Å². The number of H-pyrrole nitrogens is 1. The molecule has 0 amide bonds. The van der Waals surface area contributed by atoms with E-state index in [1.165, 1.54) is 12.4 Å². The molecule has 1 unspecified atom stereocenters. The summed E-state index contributed by atoms with van der Waals surface area (Å²) in [5, 5.41) is 9.91. The zero-order chi connectivity index (χ0) is 25.3. The number of rotatable bonds is 7. The molecule has 1 aromatic carbocycles. The summed E-state index contributed by atoms with van der Waals surface area (Å²) in [7, 11) is 0. The Morgan fingerprint density at radius 3 is 2.75 bits per heavy atom. The molecule has 3 heterocycles. The average Bonchev–Trinajstić information content (AvgIpc) is 3.40. The Labute approximate surface area is 205 Å². The molecule has 6 nitrogen and oxygen atoms in total. The number of benzene rings is 1. The summed E-state index contributed by atoms with van der Waals surface area (Å²) < 4.78 is 67.5. The molecule has 11 heteroatoms. The summed E-state index contributed by atoms with van der Waals surface area (Å²) in [6, 6.07) is 3.49. The molecule has 2 aromatic heterocycles. The molecule has 3 aromatic rings. The van der Waals surface area contributed by atoms with Gasteiger partial charge in [-0.05, 0) is 49.3 Å². The van der Waals surface area contributed by atoms with Crippen molar-refractivity contribution in [3.05, 3.63) is 52.9 Å². The highest BCUT2D eigenvalue weighted by molar-refractivity contribution is 5.92. The molecule has 1 aliphatic carbocycles. The predicted molar refractivity (Wildman–Crippen MR) is 127 cm³/mol. The van der Waals surface area contributed by atoms with Gasteiger partial charge in [-0.1, -0.05) is 11.6 Å². The second-order valence-electron chi connectivity index (χ2n) is 9.41. The molecule has 2 N–H and O–H groups in total. The van der Waals surface area contributed by atoms with E-state index in [2.05, 4.69) is 30.4 Å². The molecule has 1 saturated heterocycles. The molecular weight excluding hydrogens is 479 g/mol. The zero-order valence-electron chi connectivity index (χ0n) is 19.6. The molecule has 0 radical (unpaired) electrons. The van der Waals surface area contributed by atoms with Crippen molar-refractivity contribution in [2.24, 2.45) is 0 Å². The number of anilines is 1. The number of fused-ring (bicyclic) bond motifs is 3. The molecule has 36 heavy (non-hydrogen) atoms. The lowest BCUT2D eigenvalue weighted by Gasteiger charge is -2.18. The first kappa shape index (κ1) is 24.6. The van der Waals surface area contributed by atoms with E-state index in [4.69, 9.17) is 0 Å². The average molecular weight is 507 g/mol. The van der Waals surface area contributed by atoms with E-state index >= 15 is 0 Å². The Kier molecular flexibility index (Phi) is 6.92. The fourth-order valence-electron chi connectivity index (χ4n) is 5.35. The fraction of sp³-hybridized carbons (Fsp3) is 0.480. The molecule has 5 rings (SSSR count). The van der Waals surface area contributed by atoms with Crippen LogP contribution in [0.4, 0.5) is 27.8 Å². The SMILES string of the molecule is FCCCN1CCC(Nc2cnc(C3=C(CC(F)(F)F)CCCc4c3ccc3[nH]nc(F)c43)cn2)C1. The Balaban J connectivity index is 1.47. The number of hydrogen-bond acceptors (Lipinski definition) is 5. The van der Waals surface area contributed by atoms with Crippen molar-refractivity contribution in [2.75, 3.05) is 31.6 Å². The van der Waals surface area contributed by atoms with Gasteiger partial charge in [-0.3, -0.25) is 14.5 Å². The Bertz CT molecular complexity index is 1250. The van der Waals surface area contributed by atoms with E-state index in [0.29, 0.717) is 64.9 Å². The summed E-state index contributed by atoms with van der Waals surface area (Å²) in [4.78, 5) is 11.1. The van der Waals surface area contributed by atoms with Crippen LogP contribution in [-0.2, 0) is 6.42 Å². The lowest BCUT2D eigenvalue weighted by atomic mass is 9.91. The number of nitrogens with zero attached hydrogens (tertiary/aromatic N) is 4. The molecule has 1 fully saturated rings. The number of hydrogen-bond donors (Lipinski definition) is 2. The van der Waals surface area contributed by atoms with Gasteiger partial charge in [0.2, 0.25) is 5.95 Å². The maximum atomic E-state index is 14.5. The molecule has 0 saturated carbocycles. The van der Waals surface area contributed by atoms with Crippen LogP contribution in [0.15, 0.2) is 30.1 Å². The van der Waals surface area contributed by atoms with E-state index in [0.717, 1.165) is 19.5 Å². The number of halogens is 5. The minimum atomic E-state index is -4.39. The smallest absolute Gasteiger partial charge is 0.365 e. The largest absolute Gasteiger partial charge is 0.392 e. The second-order valence-corrected chi connectivity index (χ2v) is 9.41. The van der Waals surface area contributed by atoms with Crippen LogP contribution >= 0.6 is 0 Å². The number of aromatic nitrogens is 4. The standard InChI is InChI=1S/C25H27F5N6/c26-8-2-9-36-10-7-16(14-36)33-21-13-31-20(12-32-21)22-15(11-25(28,29)30)3-1-4-17-18(22)5-6-19-23(17)24(27)35-34-19/h5-6,12-13,16H,1-4,7-11,14H2,(H,32,33)(H,34,35). The van der Waals surface area contributed by atoms with Gasteiger partial charge in [-0.2, -0.15) is 17.6 Å². The number of likely N-dealkylation sites (tertiary alicyclic amines) is 1. The topological polar surface area (TPSA) is 69.7 Å². The lowest BCUT2D eigenvalue weighted by molar-refractivity contribution is -0.127. The van der Waals surface area contributed by atoms with Crippen molar-refractivity contribution in [3.63, 3.8) is 0 Å². The van der Waals surface area contributed by atoms with Gasteiger partial charge in [0.15, 0.2) is 0 Å². The molecule has 0 spiro atoms. The molecule has 192 valence electrons. The third kappa shape index (κ3) is 5.21. The van der Waals surface area contributed by atoms with Crippen molar-refractivity contribution in [1.29, 1.82) is 0 Å². The van der Waals surface area contributed by atoms with E-state index in [-0.39, 0.29) is 24.7 Å². The highest BCUT2D eigenvalue weighted by Crippen LogP contribution is 2.41. The minimum Gasteiger partial charge on any atom is -0.365 e. The van der Waals surface area contributed by atoms with Gasteiger partial charge < -0.3 is 10.2 Å². The highest BCUT2D eigenvalue weighted by Gasteiger charge is 2.33. The maximum Gasteiger partial charge on any atom is 0.392 e. The van der Waals surface area contributed by atoms with Crippen LogP contribution in [0.3, 0.4) is 0 Å². The monoisotopic (exact) mass is 506 g/mol. The van der Waals surface area contributed by atoms with Crippen LogP contribution in [0.5, 0.6) is 0 Å². The summed E-state index contributed by atoms with van der Waals surface area (Å²) in [5.41, 5.74) is 2.58. The number of aryl methyl sites for hydroxylation is 1. The van der Waals surface area contributed by atoms with E-state index < -0.39 is 18.5 Å². The summed E-state index contributed by atoms with van der Waals surface area (Å²) in [5.74, 6) is -0.137. The Morgan fingerprint density at radius 1 is 1.14 bits per heavy atom. The van der Waals surface area contributed by atoms with E-state index in [9.17, 15) is 22.0 Å². The molecule has 1 aliphatic heterocycles.